The molecule has 0 saturated carbocycles. The molecule has 0 aliphatic heterocycles. The van der Waals surface area contributed by atoms with Gasteiger partial charge in [0.15, 0.2) is 0 Å². The van der Waals surface area contributed by atoms with Gasteiger partial charge in [0, 0.05) is 5.02 Å². The Bertz CT molecular complexity index is 836. The Morgan fingerprint density at radius 3 is 2.71 bits per heavy atom. The fourth-order valence-electron chi connectivity index (χ4n) is 1.90. The molecule has 1 amide bonds. The summed E-state index contributed by atoms with van der Waals surface area (Å²) in [4.78, 5) is 20.4. The SMILES string of the molecule is O=C(Nc1ccc(Cl)cc1Cl)c1cnc(NCc2ccco2)cn1. The zero-order valence-corrected chi connectivity index (χ0v) is 13.8. The molecule has 0 radical (unpaired) electrons. The molecule has 8 heteroatoms. The smallest absolute Gasteiger partial charge is 0.275 e. The number of hydrogen-bond donors (Lipinski definition) is 2. The lowest BCUT2D eigenvalue weighted by Gasteiger charge is -2.07. The lowest BCUT2D eigenvalue weighted by Crippen LogP contribution is -2.14. The average molecular weight is 363 g/mol. The van der Waals surface area contributed by atoms with Crippen LogP contribution in [-0.2, 0) is 6.54 Å². The normalized spacial score (nSPS) is 10.4. The summed E-state index contributed by atoms with van der Waals surface area (Å²) in [7, 11) is 0. The number of rotatable bonds is 5. The first-order chi connectivity index (χ1) is 11.6. The average Bonchev–Trinajstić information content (AvgIpc) is 3.09. The molecule has 3 aromatic rings. The predicted molar refractivity (Wildman–Crippen MR) is 92.5 cm³/mol. The highest BCUT2D eigenvalue weighted by Gasteiger charge is 2.11. The van der Waals surface area contributed by atoms with Gasteiger partial charge in [0.2, 0.25) is 0 Å². The van der Waals surface area contributed by atoms with Crippen LogP contribution < -0.4 is 10.6 Å². The largest absolute Gasteiger partial charge is 0.467 e. The van der Waals surface area contributed by atoms with Gasteiger partial charge in [-0.05, 0) is 30.3 Å². The Hall–Kier alpha value is -2.57. The van der Waals surface area contributed by atoms with E-state index in [2.05, 4.69) is 20.6 Å². The second-order valence-corrected chi connectivity index (χ2v) is 5.64. The van der Waals surface area contributed by atoms with E-state index in [0.717, 1.165) is 5.76 Å². The van der Waals surface area contributed by atoms with Gasteiger partial charge in [-0.25, -0.2) is 9.97 Å². The van der Waals surface area contributed by atoms with Crippen LogP contribution in [0.25, 0.3) is 0 Å². The molecule has 2 N–H and O–H groups in total. The first-order valence-corrected chi connectivity index (χ1v) is 7.72. The molecular weight excluding hydrogens is 351 g/mol. The van der Waals surface area contributed by atoms with E-state index in [1.54, 1.807) is 30.5 Å². The number of amides is 1. The topological polar surface area (TPSA) is 80.0 Å². The van der Waals surface area contributed by atoms with Gasteiger partial charge in [0.05, 0.1) is 35.9 Å². The van der Waals surface area contributed by atoms with Crippen molar-refractivity contribution in [2.45, 2.75) is 6.54 Å². The fraction of sp³-hybridized carbons (Fsp3) is 0.0625. The first kappa shape index (κ1) is 16.3. The number of furan rings is 1. The number of carbonyl (C=O) groups is 1. The van der Waals surface area contributed by atoms with Crippen LogP contribution in [0.15, 0.2) is 53.4 Å². The number of carbonyl (C=O) groups excluding carboxylic acids is 1. The number of hydrogen-bond acceptors (Lipinski definition) is 5. The Morgan fingerprint density at radius 2 is 2.04 bits per heavy atom. The van der Waals surface area contributed by atoms with Crippen molar-refractivity contribution in [2.24, 2.45) is 0 Å². The first-order valence-electron chi connectivity index (χ1n) is 6.96. The number of nitrogens with one attached hydrogen (secondary N) is 2. The highest BCUT2D eigenvalue weighted by molar-refractivity contribution is 6.36. The summed E-state index contributed by atoms with van der Waals surface area (Å²) in [5.74, 6) is 0.896. The van der Waals surface area contributed by atoms with Crippen LogP contribution in [0.3, 0.4) is 0 Å². The summed E-state index contributed by atoms with van der Waals surface area (Å²) in [6.07, 6.45) is 4.45. The second-order valence-electron chi connectivity index (χ2n) is 4.80. The quantitative estimate of drug-likeness (QED) is 0.709. The molecule has 0 bridgehead atoms. The minimum atomic E-state index is -0.413. The van der Waals surface area contributed by atoms with Crippen LogP contribution in [0.1, 0.15) is 16.2 Å². The van der Waals surface area contributed by atoms with Crippen molar-refractivity contribution in [1.29, 1.82) is 0 Å². The molecule has 122 valence electrons. The van der Waals surface area contributed by atoms with Gasteiger partial charge in [0.1, 0.15) is 17.3 Å². The molecule has 0 aliphatic rings. The van der Waals surface area contributed by atoms with Crippen LogP contribution in [0.5, 0.6) is 0 Å². The zero-order valence-electron chi connectivity index (χ0n) is 12.3. The predicted octanol–water partition coefficient (Wildman–Crippen LogP) is 4.24. The molecule has 2 heterocycles. The number of halogens is 2. The Kier molecular flexibility index (Phi) is 4.98. The lowest BCUT2D eigenvalue weighted by molar-refractivity contribution is 0.102. The van der Waals surface area contributed by atoms with E-state index in [4.69, 9.17) is 27.6 Å². The van der Waals surface area contributed by atoms with Crippen molar-refractivity contribution in [3.63, 3.8) is 0 Å². The van der Waals surface area contributed by atoms with Crippen LogP contribution in [-0.4, -0.2) is 15.9 Å². The van der Waals surface area contributed by atoms with E-state index in [1.807, 2.05) is 6.07 Å². The molecule has 0 unspecified atom stereocenters. The summed E-state index contributed by atoms with van der Waals surface area (Å²) < 4.78 is 5.21. The zero-order chi connectivity index (χ0) is 16.9. The van der Waals surface area contributed by atoms with Crippen molar-refractivity contribution in [1.82, 2.24) is 9.97 Å². The van der Waals surface area contributed by atoms with Gasteiger partial charge in [-0.15, -0.1) is 0 Å². The van der Waals surface area contributed by atoms with Gasteiger partial charge in [-0.1, -0.05) is 23.2 Å². The van der Waals surface area contributed by atoms with E-state index in [-0.39, 0.29) is 5.69 Å². The molecule has 0 atom stereocenters. The Balaban J connectivity index is 1.63. The summed E-state index contributed by atoms with van der Waals surface area (Å²) in [5, 5.41) is 6.54. The van der Waals surface area contributed by atoms with Crippen LogP contribution in [0, 0.1) is 0 Å². The summed E-state index contributed by atoms with van der Waals surface area (Å²) in [5.41, 5.74) is 0.623. The Morgan fingerprint density at radius 1 is 1.17 bits per heavy atom. The van der Waals surface area contributed by atoms with Crippen molar-refractivity contribution in [2.75, 3.05) is 10.6 Å². The van der Waals surface area contributed by atoms with Gasteiger partial charge < -0.3 is 15.1 Å². The van der Waals surface area contributed by atoms with Gasteiger partial charge in [0.25, 0.3) is 5.91 Å². The molecule has 0 spiro atoms. The molecule has 24 heavy (non-hydrogen) atoms. The summed E-state index contributed by atoms with van der Waals surface area (Å²) in [6.45, 7) is 0.480. The number of benzene rings is 1. The lowest BCUT2D eigenvalue weighted by atomic mass is 10.3. The molecular formula is C16H12Cl2N4O2. The Labute approximate surface area is 147 Å². The molecule has 6 nitrogen and oxygen atoms in total. The van der Waals surface area contributed by atoms with E-state index >= 15 is 0 Å². The number of nitrogens with zero attached hydrogens (tertiary/aromatic N) is 2. The van der Waals surface area contributed by atoms with Crippen LogP contribution in [0.2, 0.25) is 10.0 Å². The number of aromatic nitrogens is 2. The molecule has 0 saturated heterocycles. The van der Waals surface area contributed by atoms with Gasteiger partial charge in [-0.2, -0.15) is 0 Å². The van der Waals surface area contributed by atoms with E-state index in [1.165, 1.54) is 12.4 Å². The third kappa shape index (κ3) is 4.04. The third-order valence-electron chi connectivity index (χ3n) is 3.09. The summed E-state index contributed by atoms with van der Waals surface area (Å²) in [6, 6.07) is 8.45. The molecule has 0 aliphatic carbocycles. The van der Waals surface area contributed by atoms with Gasteiger partial charge in [-0.3, -0.25) is 4.79 Å². The standard InChI is InChI=1S/C16H12Cl2N4O2/c17-10-3-4-13(12(18)6-10)22-16(23)14-8-21-15(9-19-14)20-7-11-2-1-5-24-11/h1-6,8-9H,7H2,(H,20,21)(H,22,23). The highest BCUT2D eigenvalue weighted by atomic mass is 35.5. The molecule has 1 aromatic carbocycles. The molecule has 0 fully saturated rings. The minimum Gasteiger partial charge on any atom is -0.467 e. The molecule has 2 aromatic heterocycles. The maximum Gasteiger partial charge on any atom is 0.275 e. The van der Waals surface area contributed by atoms with Crippen molar-refractivity contribution >= 4 is 40.6 Å². The van der Waals surface area contributed by atoms with Gasteiger partial charge >= 0.3 is 0 Å². The maximum atomic E-state index is 12.2. The second kappa shape index (κ2) is 7.33. The fourth-order valence-corrected chi connectivity index (χ4v) is 2.36. The number of anilines is 2. The van der Waals surface area contributed by atoms with Crippen molar-refractivity contribution < 1.29 is 9.21 Å². The third-order valence-corrected chi connectivity index (χ3v) is 3.64. The minimum absolute atomic E-state index is 0.171. The monoisotopic (exact) mass is 362 g/mol. The summed E-state index contributed by atoms with van der Waals surface area (Å²) >= 11 is 11.8. The van der Waals surface area contributed by atoms with E-state index in [0.29, 0.717) is 28.1 Å². The maximum absolute atomic E-state index is 12.2. The van der Waals surface area contributed by atoms with Crippen molar-refractivity contribution in [3.8, 4) is 0 Å². The van der Waals surface area contributed by atoms with E-state index in [9.17, 15) is 4.79 Å². The van der Waals surface area contributed by atoms with E-state index < -0.39 is 5.91 Å². The van der Waals surface area contributed by atoms with Crippen LogP contribution in [0.4, 0.5) is 11.5 Å². The van der Waals surface area contributed by atoms with Crippen molar-refractivity contribution in [3.05, 3.63) is 70.5 Å². The van der Waals surface area contributed by atoms with Crippen LogP contribution >= 0.6 is 23.2 Å². The highest BCUT2D eigenvalue weighted by Crippen LogP contribution is 2.25. The molecule has 3 rings (SSSR count).